The van der Waals surface area contributed by atoms with E-state index in [-0.39, 0.29) is 24.0 Å². The van der Waals surface area contributed by atoms with Crippen molar-refractivity contribution in [2.45, 2.75) is 50.7 Å². The van der Waals surface area contributed by atoms with Crippen molar-refractivity contribution in [2.75, 3.05) is 19.7 Å². The van der Waals surface area contributed by atoms with Gasteiger partial charge in [0, 0.05) is 19.2 Å². The van der Waals surface area contributed by atoms with Crippen molar-refractivity contribution in [1.29, 1.82) is 0 Å². The van der Waals surface area contributed by atoms with E-state index in [4.69, 9.17) is 9.84 Å². The van der Waals surface area contributed by atoms with Gasteiger partial charge < -0.3 is 20.5 Å². The van der Waals surface area contributed by atoms with E-state index < -0.39 is 5.97 Å². The number of carboxylic acids is 1. The molecule has 1 aliphatic heterocycles. The topological polar surface area (TPSA) is 87.7 Å². The predicted octanol–water partition coefficient (Wildman–Crippen LogP) is 0.515. The number of carbonyl (C=O) groups is 2. The van der Waals surface area contributed by atoms with Crippen molar-refractivity contribution in [2.24, 2.45) is 5.92 Å². The third kappa shape index (κ3) is 4.76. The number of nitrogens with one attached hydrogen (secondary N) is 2. The summed E-state index contributed by atoms with van der Waals surface area (Å²) in [6.07, 6.45) is 5.32. The van der Waals surface area contributed by atoms with Crippen LogP contribution in [0.25, 0.3) is 0 Å². The highest BCUT2D eigenvalue weighted by Gasteiger charge is 2.25. The van der Waals surface area contributed by atoms with Crippen molar-refractivity contribution in [3.05, 3.63) is 0 Å². The molecular weight excluding hydrogens is 260 g/mol. The summed E-state index contributed by atoms with van der Waals surface area (Å²) in [6, 6.07) is 0.263. The summed E-state index contributed by atoms with van der Waals surface area (Å²) in [5.41, 5.74) is 0. The van der Waals surface area contributed by atoms with Crippen molar-refractivity contribution in [3.8, 4) is 0 Å². The highest BCUT2D eigenvalue weighted by molar-refractivity contribution is 5.78. The second kappa shape index (κ2) is 7.59. The maximum absolute atomic E-state index is 11.7. The minimum atomic E-state index is -0.697. The first-order valence-electron chi connectivity index (χ1n) is 7.49. The summed E-state index contributed by atoms with van der Waals surface area (Å²) in [5.74, 6) is -0.917. The number of ether oxygens (including phenoxy) is 1. The first-order chi connectivity index (χ1) is 9.65. The van der Waals surface area contributed by atoms with Crippen LogP contribution in [0.1, 0.15) is 38.5 Å². The molecule has 2 aliphatic rings. The van der Waals surface area contributed by atoms with Crippen molar-refractivity contribution < 1.29 is 19.4 Å². The Bertz CT molecular complexity index is 334. The molecule has 6 heteroatoms. The highest BCUT2D eigenvalue weighted by Crippen LogP contribution is 2.24. The Hall–Kier alpha value is -1.14. The number of carbonyl (C=O) groups excluding carboxylic acids is 1. The zero-order chi connectivity index (χ0) is 14.4. The average molecular weight is 284 g/mol. The Balaban J connectivity index is 1.56. The molecule has 1 unspecified atom stereocenters. The smallest absolute Gasteiger partial charge is 0.306 e. The average Bonchev–Trinajstić information content (AvgIpc) is 2.96. The number of rotatable bonds is 6. The molecule has 2 fully saturated rings. The Morgan fingerprint density at radius 1 is 1.15 bits per heavy atom. The molecule has 20 heavy (non-hydrogen) atoms. The highest BCUT2D eigenvalue weighted by atomic mass is 16.5. The van der Waals surface area contributed by atoms with Gasteiger partial charge in [-0.1, -0.05) is 0 Å². The summed E-state index contributed by atoms with van der Waals surface area (Å²) in [4.78, 5) is 22.5. The summed E-state index contributed by atoms with van der Waals surface area (Å²) in [6.45, 7) is 1.69. The van der Waals surface area contributed by atoms with Crippen LogP contribution in [0, 0.1) is 5.92 Å². The number of aliphatic carboxylic acids is 1. The molecule has 6 nitrogen and oxygen atoms in total. The van der Waals surface area contributed by atoms with Crippen molar-refractivity contribution in [3.63, 3.8) is 0 Å². The normalized spacial score (nSPS) is 30.1. The maximum atomic E-state index is 11.7. The number of hydrogen-bond donors (Lipinski definition) is 3. The van der Waals surface area contributed by atoms with Crippen LogP contribution in [-0.4, -0.2) is 48.8 Å². The summed E-state index contributed by atoms with van der Waals surface area (Å²) in [7, 11) is 0. The monoisotopic (exact) mass is 284 g/mol. The van der Waals surface area contributed by atoms with Gasteiger partial charge in [-0.3, -0.25) is 9.59 Å². The molecule has 0 radical (unpaired) electrons. The lowest BCUT2D eigenvalue weighted by molar-refractivity contribution is -0.143. The molecule has 0 spiro atoms. The number of amides is 1. The van der Waals surface area contributed by atoms with E-state index in [0.717, 1.165) is 32.3 Å². The molecule has 0 aromatic carbocycles. The summed E-state index contributed by atoms with van der Waals surface area (Å²) >= 11 is 0. The van der Waals surface area contributed by atoms with Crippen LogP contribution in [0.3, 0.4) is 0 Å². The van der Waals surface area contributed by atoms with E-state index in [1.165, 1.54) is 0 Å². The van der Waals surface area contributed by atoms with E-state index in [0.29, 0.717) is 25.9 Å². The minimum absolute atomic E-state index is 0.0131. The van der Waals surface area contributed by atoms with E-state index in [1.54, 1.807) is 0 Å². The molecule has 1 aliphatic carbocycles. The van der Waals surface area contributed by atoms with E-state index in [2.05, 4.69) is 10.6 Å². The van der Waals surface area contributed by atoms with Crippen molar-refractivity contribution >= 4 is 11.9 Å². The van der Waals surface area contributed by atoms with Crippen LogP contribution >= 0.6 is 0 Å². The Morgan fingerprint density at radius 3 is 2.50 bits per heavy atom. The molecule has 1 amide bonds. The lowest BCUT2D eigenvalue weighted by Crippen LogP contribution is -2.43. The van der Waals surface area contributed by atoms with E-state index in [9.17, 15) is 9.59 Å². The number of carboxylic acid groups (broad SMARTS) is 1. The molecule has 3 N–H and O–H groups in total. The van der Waals surface area contributed by atoms with Gasteiger partial charge in [-0.05, 0) is 38.5 Å². The second-order valence-electron chi connectivity index (χ2n) is 5.71. The van der Waals surface area contributed by atoms with Crippen LogP contribution in [0.4, 0.5) is 0 Å². The maximum Gasteiger partial charge on any atom is 0.306 e. The van der Waals surface area contributed by atoms with Gasteiger partial charge in [0.05, 0.1) is 18.6 Å². The van der Waals surface area contributed by atoms with Gasteiger partial charge in [0.2, 0.25) is 5.91 Å². The molecule has 2 rings (SSSR count). The molecular formula is C14H24N2O4. The van der Waals surface area contributed by atoms with Crippen molar-refractivity contribution in [1.82, 2.24) is 10.6 Å². The van der Waals surface area contributed by atoms with E-state index >= 15 is 0 Å². The molecule has 0 aromatic heterocycles. The summed E-state index contributed by atoms with van der Waals surface area (Å²) < 4.78 is 5.44. The minimum Gasteiger partial charge on any atom is -0.481 e. The number of hydrogen-bond acceptors (Lipinski definition) is 4. The second-order valence-corrected chi connectivity index (χ2v) is 5.71. The van der Waals surface area contributed by atoms with Gasteiger partial charge in [0.15, 0.2) is 0 Å². The zero-order valence-corrected chi connectivity index (χ0v) is 11.8. The third-order valence-corrected chi connectivity index (χ3v) is 4.18. The van der Waals surface area contributed by atoms with Gasteiger partial charge in [0.25, 0.3) is 0 Å². The van der Waals surface area contributed by atoms with Crippen LogP contribution in [-0.2, 0) is 14.3 Å². The Kier molecular flexibility index (Phi) is 5.79. The molecule has 1 saturated carbocycles. The molecule has 1 heterocycles. The van der Waals surface area contributed by atoms with Gasteiger partial charge >= 0.3 is 5.97 Å². The third-order valence-electron chi connectivity index (χ3n) is 4.18. The molecule has 0 aromatic rings. The lowest BCUT2D eigenvalue weighted by atomic mass is 9.86. The SMILES string of the molecule is O=C(CNC1CCC(C(=O)O)CC1)NCC1CCCO1. The fraction of sp³-hybridized carbons (Fsp3) is 0.857. The van der Waals surface area contributed by atoms with E-state index in [1.807, 2.05) is 0 Å². The molecule has 114 valence electrons. The molecule has 1 atom stereocenters. The predicted molar refractivity (Wildman–Crippen MR) is 73.4 cm³/mol. The van der Waals surface area contributed by atoms with Gasteiger partial charge in [0.1, 0.15) is 0 Å². The van der Waals surface area contributed by atoms with Crippen LogP contribution < -0.4 is 10.6 Å². The first-order valence-corrected chi connectivity index (χ1v) is 7.49. The first kappa shape index (κ1) is 15.3. The largest absolute Gasteiger partial charge is 0.481 e. The van der Waals surface area contributed by atoms with Gasteiger partial charge in [-0.2, -0.15) is 0 Å². The standard InChI is InChI=1S/C14H24N2O4/c17-13(16-8-12-2-1-7-20-12)9-15-11-5-3-10(4-6-11)14(18)19/h10-12,15H,1-9H2,(H,16,17)(H,18,19). The summed E-state index contributed by atoms with van der Waals surface area (Å²) in [5, 5.41) is 15.0. The van der Waals surface area contributed by atoms with Crippen LogP contribution in [0.15, 0.2) is 0 Å². The Labute approximate surface area is 119 Å². The van der Waals surface area contributed by atoms with Gasteiger partial charge in [-0.25, -0.2) is 0 Å². The van der Waals surface area contributed by atoms with Gasteiger partial charge in [-0.15, -0.1) is 0 Å². The van der Waals surface area contributed by atoms with Crippen LogP contribution in [0.5, 0.6) is 0 Å². The zero-order valence-electron chi connectivity index (χ0n) is 11.8. The lowest BCUT2D eigenvalue weighted by Gasteiger charge is -2.26. The fourth-order valence-electron chi connectivity index (χ4n) is 2.88. The quantitative estimate of drug-likeness (QED) is 0.661. The molecule has 0 bridgehead atoms. The Morgan fingerprint density at radius 2 is 1.90 bits per heavy atom. The molecule has 1 saturated heterocycles. The van der Waals surface area contributed by atoms with Crippen LogP contribution in [0.2, 0.25) is 0 Å². The fourth-order valence-corrected chi connectivity index (χ4v) is 2.88.